The molecule has 0 aliphatic carbocycles. The van der Waals surface area contributed by atoms with Crippen LogP contribution >= 0.6 is 0 Å². The molecule has 1 aromatic rings. The number of hydrogen-bond donors (Lipinski definition) is 1. The van der Waals surface area contributed by atoms with Gasteiger partial charge in [-0.15, -0.1) is 0 Å². The van der Waals surface area contributed by atoms with Crippen molar-refractivity contribution in [1.29, 1.82) is 0 Å². The predicted octanol–water partition coefficient (Wildman–Crippen LogP) is 2.32. The molecular formula is C20H31N3O3. The van der Waals surface area contributed by atoms with E-state index in [0.29, 0.717) is 32.2 Å². The van der Waals surface area contributed by atoms with Crippen LogP contribution in [0.5, 0.6) is 0 Å². The molecule has 0 bridgehead atoms. The maximum absolute atomic E-state index is 12.7. The maximum atomic E-state index is 12.7. The Morgan fingerprint density at radius 3 is 2.54 bits per heavy atom. The van der Waals surface area contributed by atoms with Crippen molar-refractivity contribution < 1.29 is 14.3 Å². The third-order valence-corrected chi connectivity index (χ3v) is 5.15. The summed E-state index contributed by atoms with van der Waals surface area (Å²) in [4.78, 5) is 28.6. The first-order chi connectivity index (χ1) is 12.4. The molecule has 0 aromatic heterocycles. The Hall–Kier alpha value is -1.92. The lowest BCUT2D eigenvalue weighted by Gasteiger charge is -2.30. The molecule has 1 aliphatic heterocycles. The maximum Gasteiger partial charge on any atom is 0.241 e. The topological polar surface area (TPSA) is 61.9 Å². The van der Waals surface area contributed by atoms with E-state index >= 15 is 0 Å². The molecule has 0 radical (unpaired) electrons. The summed E-state index contributed by atoms with van der Waals surface area (Å²) in [5, 5.41) is 3.03. The standard InChI is InChI=1S/C20H31N3O3/c1-5-15(2)17-8-6-7-9-18(17)21-20(25)16(3)22(4)14-19(24)23-10-12-26-13-11-23/h6-9,15-16H,5,10-14H2,1-4H3,(H,21,25)/t15-,16+/m1/s1. The minimum Gasteiger partial charge on any atom is -0.378 e. The molecule has 0 unspecified atom stereocenters. The summed E-state index contributed by atoms with van der Waals surface area (Å²) in [6.07, 6.45) is 1.01. The molecule has 1 heterocycles. The van der Waals surface area contributed by atoms with Gasteiger partial charge >= 0.3 is 0 Å². The van der Waals surface area contributed by atoms with E-state index in [9.17, 15) is 9.59 Å². The zero-order chi connectivity index (χ0) is 19.1. The fraction of sp³-hybridized carbons (Fsp3) is 0.600. The van der Waals surface area contributed by atoms with E-state index in [1.165, 1.54) is 0 Å². The van der Waals surface area contributed by atoms with Crippen molar-refractivity contribution in [3.8, 4) is 0 Å². The van der Waals surface area contributed by atoms with E-state index < -0.39 is 6.04 Å². The van der Waals surface area contributed by atoms with E-state index in [0.717, 1.165) is 17.7 Å². The molecule has 1 saturated heterocycles. The number of benzene rings is 1. The second kappa shape index (κ2) is 9.69. The largest absolute Gasteiger partial charge is 0.378 e. The van der Waals surface area contributed by atoms with Crippen LogP contribution in [0.1, 0.15) is 38.7 Å². The lowest BCUT2D eigenvalue weighted by molar-refractivity contribution is -0.137. The molecule has 6 nitrogen and oxygen atoms in total. The van der Waals surface area contributed by atoms with E-state index in [2.05, 4.69) is 25.2 Å². The van der Waals surface area contributed by atoms with Crippen LogP contribution in [0.25, 0.3) is 0 Å². The van der Waals surface area contributed by atoms with Gasteiger partial charge in [0, 0.05) is 18.8 Å². The molecule has 1 aromatic carbocycles. The molecule has 2 atom stereocenters. The van der Waals surface area contributed by atoms with Crippen LogP contribution in [-0.4, -0.2) is 67.6 Å². The Labute approximate surface area is 156 Å². The Morgan fingerprint density at radius 2 is 1.88 bits per heavy atom. The van der Waals surface area contributed by atoms with Gasteiger partial charge in [0.05, 0.1) is 25.8 Å². The number of rotatable bonds is 7. The Morgan fingerprint density at radius 1 is 1.23 bits per heavy atom. The number of amides is 2. The molecule has 1 N–H and O–H groups in total. The second-order valence-electron chi connectivity index (χ2n) is 6.97. The zero-order valence-corrected chi connectivity index (χ0v) is 16.3. The monoisotopic (exact) mass is 361 g/mol. The highest BCUT2D eigenvalue weighted by Crippen LogP contribution is 2.26. The van der Waals surface area contributed by atoms with Crippen molar-refractivity contribution in [2.75, 3.05) is 45.2 Å². The molecule has 2 amide bonds. The number of nitrogens with zero attached hydrogens (tertiary/aromatic N) is 2. The summed E-state index contributed by atoms with van der Waals surface area (Å²) in [7, 11) is 1.81. The quantitative estimate of drug-likeness (QED) is 0.810. The van der Waals surface area contributed by atoms with E-state index in [1.807, 2.05) is 32.2 Å². The Balaban J connectivity index is 1.95. The summed E-state index contributed by atoms with van der Waals surface area (Å²) in [6.45, 7) is 8.74. The van der Waals surface area contributed by atoms with E-state index in [-0.39, 0.29) is 18.4 Å². The van der Waals surface area contributed by atoms with Crippen molar-refractivity contribution in [2.45, 2.75) is 39.2 Å². The highest BCUT2D eigenvalue weighted by atomic mass is 16.5. The van der Waals surface area contributed by atoms with Crippen LogP contribution in [0.4, 0.5) is 5.69 Å². The Kier molecular flexibility index (Phi) is 7.60. The summed E-state index contributed by atoms with van der Waals surface area (Å²) in [5.74, 6) is 0.316. The van der Waals surface area contributed by atoms with Gasteiger partial charge in [-0.05, 0) is 37.9 Å². The first-order valence-electron chi connectivity index (χ1n) is 9.39. The predicted molar refractivity (Wildman–Crippen MR) is 103 cm³/mol. The SMILES string of the molecule is CC[C@@H](C)c1ccccc1NC(=O)[C@H](C)N(C)CC(=O)N1CCOCC1. The number of para-hydroxylation sites is 1. The van der Waals surface area contributed by atoms with Gasteiger partial charge in [-0.2, -0.15) is 0 Å². The first kappa shape index (κ1) is 20.4. The molecule has 0 spiro atoms. The van der Waals surface area contributed by atoms with Crippen molar-refractivity contribution in [3.63, 3.8) is 0 Å². The minimum absolute atomic E-state index is 0.0375. The molecule has 0 saturated carbocycles. The lowest BCUT2D eigenvalue weighted by atomic mass is 9.97. The molecular weight excluding hydrogens is 330 g/mol. The van der Waals surface area contributed by atoms with Gasteiger partial charge in [-0.1, -0.05) is 32.0 Å². The number of likely N-dealkylation sites (N-methyl/N-ethyl adjacent to an activating group) is 1. The third-order valence-electron chi connectivity index (χ3n) is 5.15. The van der Waals surface area contributed by atoms with Gasteiger partial charge in [-0.25, -0.2) is 0 Å². The highest BCUT2D eigenvalue weighted by molar-refractivity contribution is 5.95. The number of nitrogens with one attached hydrogen (secondary N) is 1. The third kappa shape index (κ3) is 5.29. The summed E-state index contributed by atoms with van der Waals surface area (Å²) in [5.41, 5.74) is 1.99. The number of carbonyl (C=O) groups is 2. The average molecular weight is 361 g/mol. The minimum atomic E-state index is -0.398. The lowest BCUT2D eigenvalue weighted by Crippen LogP contribution is -2.48. The van der Waals surface area contributed by atoms with Crippen molar-refractivity contribution in [3.05, 3.63) is 29.8 Å². The van der Waals surface area contributed by atoms with Gasteiger partial charge in [0.2, 0.25) is 11.8 Å². The van der Waals surface area contributed by atoms with Crippen LogP contribution in [0.2, 0.25) is 0 Å². The van der Waals surface area contributed by atoms with Crippen LogP contribution in [0.15, 0.2) is 24.3 Å². The molecule has 26 heavy (non-hydrogen) atoms. The zero-order valence-electron chi connectivity index (χ0n) is 16.3. The van der Waals surface area contributed by atoms with Crippen molar-refractivity contribution in [2.24, 2.45) is 0 Å². The van der Waals surface area contributed by atoms with Crippen LogP contribution in [0.3, 0.4) is 0 Å². The van der Waals surface area contributed by atoms with Crippen molar-refractivity contribution >= 4 is 17.5 Å². The van der Waals surface area contributed by atoms with Gasteiger partial charge < -0.3 is 15.0 Å². The number of ether oxygens (including phenoxy) is 1. The number of morpholine rings is 1. The molecule has 144 valence electrons. The summed E-state index contributed by atoms with van der Waals surface area (Å²) in [6, 6.07) is 7.52. The summed E-state index contributed by atoms with van der Waals surface area (Å²) < 4.78 is 5.27. The van der Waals surface area contributed by atoms with Crippen LogP contribution in [0, 0.1) is 0 Å². The molecule has 1 fully saturated rings. The Bertz CT molecular complexity index is 614. The van der Waals surface area contributed by atoms with Gasteiger partial charge in [0.15, 0.2) is 0 Å². The smallest absolute Gasteiger partial charge is 0.241 e. The fourth-order valence-electron chi connectivity index (χ4n) is 2.96. The van der Waals surface area contributed by atoms with Gasteiger partial charge in [0.1, 0.15) is 0 Å². The van der Waals surface area contributed by atoms with Gasteiger partial charge in [0.25, 0.3) is 0 Å². The number of anilines is 1. The van der Waals surface area contributed by atoms with Crippen LogP contribution in [-0.2, 0) is 14.3 Å². The normalized spacial score (nSPS) is 17.0. The average Bonchev–Trinajstić information content (AvgIpc) is 2.67. The molecule has 2 rings (SSSR count). The van der Waals surface area contributed by atoms with E-state index in [1.54, 1.807) is 9.80 Å². The second-order valence-corrected chi connectivity index (χ2v) is 6.97. The first-order valence-corrected chi connectivity index (χ1v) is 9.39. The highest BCUT2D eigenvalue weighted by Gasteiger charge is 2.24. The fourth-order valence-corrected chi connectivity index (χ4v) is 2.96. The van der Waals surface area contributed by atoms with Gasteiger partial charge in [-0.3, -0.25) is 14.5 Å². The van der Waals surface area contributed by atoms with E-state index in [4.69, 9.17) is 4.74 Å². The summed E-state index contributed by atoms with van der Waals surface area (Å²) >= 11 is 0. The molecule has 6 heteroatoms. The number of hydrogen-bond acceptors (Lipinski definition) is 4. The number of carbonyl (C=O) groups excluding carboxylic acids is 2. The molecule has 1 aliphatic rings. The van der Waals surface area contributed by atoms with Crippen LogP contribution < -0.4 is 5.32 Å². The van der Waals surface area contributed by atoms with Crippen molar-refractivity contribution in [1.82, 2.24) is 9.80 Å².